The Morgan fingerprint density at radius 1 is 1.05 bits per heavy atom. The average molecular weight is 268 g/mol. The van der Waals surface area contributed by atoms with Gasteiger partial charge in [-0.3, -0.25) is 4.98 Å². The molecular formula is C15H13FN4. The number of rotatable bonds is 3. The number of hydrogen-bond acceptors (Lipinski definition) is 4. The second-order valence-corrected chi connectivity index (χ2v) is 4.48. The van der Waals surface area contributed by atoms with Gasteiger partial charge in [-0.2, -0.15) is 0 Å². The molecule has 3 rings (SSSR count). The summed E-state index contributed by atoms with van der Waals surface area (Å²) in [5.41, 5.74) is 1.22. The number of nitrogens with one attached hydrogen (secondary N) is 1. The monoisotopic (exact) mass is 268 g/mol. The van der Waals surface area contributed by atoms with Crippen molar-refractivity contribution in [1.29, 1.82) is 0 Å². The number of para-hydroxylation sites is 1. The summed E-state index contributed by atoms with van der Waals surface area (Å²) < 4.78 is 13.7. The van der Waals surface area contributed by atoms with Gasteiger partial charge in [-0.1, -0.05) is 12.1 Å². The first-order valence-electron chi connectivity index (χ1n) is 6.32. The number of anilines is 1. The van der Waals surface area contributed by atoms with Gasteiger partial charge in [0.2, 0.25) is 0 Å². The maximum atomic E-state index is 13.7. The largest absolute Gasteiger partial charge is 0.361 e. The number of nitrogens with zero attached hydrogens (tertiary/aromatic N) is 3. The molecule has 0 bridgehead atoms. The summed E-state index contributed by atoms with van der Waals surface area (Å²) in [6.45, 7) is 1.98. The van der Waals surface area contributed by atoms with E-state index in [9.17, 15) is 4.39 Å². The highest BCUT2D eigenvalue weighted by atomic mass is 19.1. The number of halogens is 1. The predicted octanol–water partition coefficient (Wildman–Crippen LogP) is 3.34. The van der Waals surface area contributed by atoms with Crippen molar-refractivity contribution in [3.05, 3.63) is 60.4 Å². The van der Waals surface area contributed by atoms with E-state index in [0.29, 0.717) is 16.7 Å². The van der Waals surface area contributed by atoms with Gasteiger partial charge in [-0.15, -0.1) is 0 Å². The second kappa shape index (κ2) is 5.21. The lowest BCUT2D eigenvalue weighted by Gasteiger charge is -2.15. The summed E-state index contributed by atoms with van der Waals surface area (Å²) in [4.78, 5) is 12.5. The Kier molecular flexibility index (Phi) is 3.25. The lowest BCUT2D eigenvalue weighted by Crippen LogP contribution is -2.10. The third-order valence-electron chi connectivity index (χ3n) is 3.10. The highest BCUT2D eigenvalue weighted by molar-refractivity contribution is 5.89. The molecule has 0 fully saturated rings. The van der Waals surface area contributed by atoms with Gasteiger partial charge in [-0.25, -0.2) is 14.4 Å². The molecule has 3 aromatic rings. The molecule has 1 unspecified atom stereocenters. The van der Waals surface area contributed by atoms with Gasteiger partial charge in [-0.05, 0) is 31.2 Å². The van der Waals surface area contributed by atoms with Crippen molar-refractivity contribution < 1.29 is 4.39 Å². The highest BCUT2D eigenvalue weighted by Crippen LogP contribution is 2.24. The smallest absolute Gasteiger partial charge is 0.149 e. The molecule has 100 valence electrons. The Hall–Kier alpha value is -2.56. The van der Waals surface area contributed by atoms with Crippen molar-refractivity contribution in [2.45, 2.75) is 13.0 Å². The molecule has 0 saturated carbocycles. The Labute approximate surface area is 115 Å². The van der Waals surface area contributed by atoms with Gasteiger partial charge in [0.25, 0.3) is 0 Å². The van der Waals surface area contributed by atoms with Crippen LogP contribution in [0.25, 0.3) is 10.9 Å². The maximum Gasteiger partial charge on any atom is 0.149 e. The SMILES string of the molecule is CC(Nc1ncnc2c(F)cccc12)c1ccccn1. The third kappa shape index (κ3) is 2.30. The van der Waals surface area contributed by atoms with Crippen molar-refractivity contribution in [2.24, 2.45) is 0 Å². The van der Waals surface area contributed by atoms with Crippen LogP contribution in [-0.4, -0.2) is 15.0 Å². The highest BCUT2D eigenvalue weighted by Gasteiger charge is 2.11. The zero-order valence-electron chi connectivity index (χ0n) is 10.9. The minimum atomic E-state index is -0.349. The van der Waals surface area contributed by atoms with E-state index in [-0.39, 0.29) is 11.9 Å². The average Bonchev–Trinajstić information content (AvgIpc) is 2.49. The van der Waals surface area contributed by atoms with Crippen LogP contribution in [0.3, 0.4) is 0 Å². The zero-order valence-corrected chi connectivity index (χ0v) is 10.9. The Bertz CT molecular complexity index is 730. The summed E-state index contributed by atoms with van der Waals surface area (Å²) in [5, 5.41) is 3.91. The molecular weight excluding hydrogens is 255 g/mol. The maximum absolute atomic E-state index is 13.7. The molecule has 0 radical (unpaired) electrons. The van der Waals surface area contributed by atoms with Crippen molar-refractivity contribution in [3.8, 4) is 0 Å². The van der Waals surface area contributed by atoms with Crippen LogP contribution in [0.1, 0.15) is 18.7 Å². The van der Waals surface area contributed by atoms with Gasteiger partial charge < -0.3 is 5.32 Å². The Morgan fingerprint density at radius 3 is 2.75 bits per heavy atom. The topological polar surface area (TPSA) is 50.7 Å². The molecule has 0 aliphatic carbocycles. The van der Waals surface area contributed by atoms with Crippen molar-refractivity contribution in [3.63, 3.8) is 0 Å². The minimum absolute atomic E-state index is 0.0300. The summed E-state index contributed by atoms with van der Waals surface area (Å²) in [6.07, 6.45) is 3.10. The number of aromatic nitrogens is 3. The molecule has 0 aliphatic rings. The first kappa shape index (κ1) is 12.5. The van der Waals surface area contributed by atoms with Gasteiger partial charge in [0.15, 0.2) is 0 Å². The van der Waals surface area contributed by atoms with E-state index in [1.165, 1.54) is 12.4 Å². The predicted molar refractivity (Wildman–Crippen MR) is 75.8 cm³/mol. The number of pyridine rings is 1. The first-order valence-corrected chi connectivity index (χ1v) is 6.32. The summed E-state index contributed by atoms with van der Waals surface area (Å²) in [5.74, 6) is 0.256. The fourth-order valence-electron chi connectivity index (χ4n) is 2.08. The number of fused-ring (bicyclic) bond motifs is 1. The third-order valence-corrected chi connectivity index (χ3v) is 3.10. The van der Waals surface area contributed by atoms with E-state index in [0.717, 1.165) is 5.69 Å². The van der Waals surface area contributed by atoms with Crippen LogP contribution in [0, 0.1) is 5.82 Å². The van der Waals surface area contributed by atoms with E-state index in [2.05, 4.69) is 20.3 Å². The molecule has 1 N–H and O–H groups in total. The van der Waals surface area contributed by atoms with Crippen LogP contribution in [0.15, 0.2) is 48.9 Å². The fourth-order valence-corrected chi connectivity index (χ4v) is 2.08. The molecule has 1 aromatic carbocycles. The lowest BCUT2D eigenvalue weighted by atomic mass is 10.2. The Balaban J connectivity index is 1.97. The molecule has 0 spiro atoms. The first-order chi connectivity index (χ1) is 9.75. The van der Waals surface area contributed by atoms with Crippen LogP contribution in [0.5, 0.6) is 0 Å². The second-order valence-electron chi connectivity index (χ2n) is 4.48. The van der Waals surface area contributed by atoms with Crippen molar-refractivity contribution in [1.82, 2.24) is 15.0 Å². The molecule has 5 heteroatoms. The van der Waals surface area contributed by atoms with Crippen LogP contribution in [0.4, 0.5) is 10.2 Å². The van der Waals surface area contributed by atoms with Crippen molar-refractivity contribution in [2.75, 3.05) is 5.32 Å². The van der Waals surface area contributed by atoms with Gasteiger partial charge in [0.1, 0.15) is 23.5 Å². The van der Waals surface area contributed by atoms with Crippen LogP contribution < -0.4 is 5.32 Å². The van der Waals surface area contributed by atoms with Crippen LogP contribution in [-0.2, 0) is 0 Å². The van der Waals surface area contributed by atoms with E-state index < -0.39 is 0 Å². The Morgan fingerprint density at radius 2 is 1.95 bits per heavy atom. The lowest BCUT2D eigenvalue weighted by molar-refractivity contribution is 0.636. The normalized spacial score (nSPS) is 12.3. The minimum Gasteiger partial charge on any atom is -0.361 e. The number of benzene rings is 1. The zero-order chi connectivity index (χ0) is 13.9. The van der Waals surface area contributed by atoms with Gasteiger partial charge in [0, 0.05) is 11.6 Å². The number of hydrogen-bond donors (Lipinski definition) is 1. The fraction of sp³-hybridized carbons (Fsp3) is 0.133. The van der Waals surface area contributed by atoms with Gasteiger partial charge >= 0.3 is 0 Å². The molecule has 1 atom stereocenters. The molecule has 0 aliphatic heterocycles. The molecule has 0 saturated heterocycles. The van der Waals surface area contributed by atoms with E-state index >= 15 is 0 Å². The van der Waals surface area contributed by atoms with Crippen LogP contribution >= 0.6 is 0 Å². The summed E-state index contributed by atoms with van der Waals surface area (Å²) in [6, 6.07) is 10.5. The molecule has 2 aromatic heterocycles. The van der Waals surface area contributed by atoms with E-state index in [4.69, 9.17) is 0 Å². The molecule has 20 heavy (non-hydrogen) atoms. The quantitative estimate of drug-likeness (QED) is 0.791. The standard InChI is InChI=1S/C15H13FN4/c1-10(13-7-2-3-8-17-13)20-15-11-5-4-6-12(16)14(11)18-9-19-15/h2-10H,1H3,(H,18,19,20). The summed E-state index contributed by atoms with van der Waals surface area (Å²) in [7, 11) is 0. The molecule has 4 nitrogen and oxygen atoms in total. The molecule has 2 heterocycles. The van der Waals surface area contributed by atoms with Gasteiger partial charge in [0.05, 0.1) is 11.7 Å². The summed E-state index contributed by atoms with van der Waals surface area (Å²) >= 11 is 0. The van der Waals surface area contributed by atoms with Crippen molar-refractivity contribution >= 4 is 16.7 Å². The molecule has 0 amide bonds. The van der Waals surface area contributed by atoms with Crippen LogP contribution in [0.2, 0.25) is 0 Å². The van der Waals surface area contributed by atoms with E-state index in [1.807, 2.05) is 25.1 Å². The van der Waals surface area contributed by atoms with E-state index in [1.54, 1.807) is 18.3 Å².